The summed E-state index contributed by atoms with van der Waals surface area (Å²) in [6.45, 7) is 4.35. The molecule has 194 valence electrons. The summed E-state index contributed by atoms with van der Waals surface area (Å²) in [5.41, 5.74) is 1.48. The number of nitrogens with zero attached hydrogens (tertiary/aromatic N) is 2. The number of phenolic OH excluding ortho intramolecular Hbond substituents is 2. The Morgan fingerprint density at radius 1 is 0.919 bits per heavy atom. The molecule has 10 heteroatoms. The Morgan fingerprint density at radius 3 is 2.19 bits per heavy atom. The van der Waals surface area contributed by atoms with Crippen molar-refractivity contribution in [3.8, 4) is 34.5 Å². The SMILES string of the molecule is CCOc1cccc(C=NN2C(=O)c3cc(OC)c(OC)cc3NC2c2cccc(OCC)c2O)c1O. The smallest absolute Gasteiger partial charge is 0.278 e. The predicted molar refractivity (Wildman–Crippen MR) is 138 cm³/mol. The average Bonchev–Trinajstić information content (AvgIpc) is 2.90. The zero-order chi connectivity index (χ0) is 26.5. The second kappa shape index (κ2) is 11.0. The highest BCUT2D eigenvalue weighted by molar-refractivity contribution is 6.03. The maximum atomic E-state index is 13.7. The monoisotopic (exact) mass is 507 g/mol. The number of hydrogen-bond donors (Lipinski definition) is 3. The number of amides is 1. The summed E-state index contributed by atoms with van der Waals surface area (Å²) in [6, 6.07) is 13.2. The molecule has 0 aliphatic carbocycles. The van der Waals surface area contributed by atoms with Gasteiger partial charge < -0.3 is 34.5 Å². The predicted octanol–water partition coefficient (Wildman–Crippen LogP) is 4.51. The number of methoxy groups -OCH3 is 2. The van der Waals surface area contributed by atoms with Crippen LogP contribution >= 0.6 is 0 Å². The van der Waals surface area contributed by atoms with Crippen LogP contribution in [0, 0.1) is 0 Å². The lowest BCUT2D eigenvalue weighted by molar-refractivity contribution is 0.0688. The van der Waals surface area contributed by atoms with Gasteiger partial charge in [0.25, 0.3) is 5.91 Å². The Balaban J connectivity index is 1.83. The molecule has 1 atom stereocenters. The van der Waals surface area contributed by atoms with Crippen LogP contribution in [-0.4, -0.2) is 54.8 Å². The lowest BCUT2D eigenvalue weighted by Gasteiger charge is -2.35. The van der Waals surface area contributed by atoms with Crippen molar-refractivity contribution in [3.63, 3.8) is 0 Å². The summed E-state index contributed by atoms with van der Waals surface area (Å²) in [5.74, 6) is 0.700. The molecule has 37 heavy (non-hydrogen) atoms. The van der Waals surface area contributed by atoms with Gasteiger partial charge in [0.2, 0.25) is 0 Å². The summed E-state index contributed by atoms with van der Waals surface area (Å²) in [6.07, 6.45) is 0.451. The average molecular weight is 508 g/mol. The number of hydrogen-bond acceptors (Lipinski definition) is 9. The third-order valence-corrected chi connectivity index (χ3v) is 5.77. The minimum absolute atomic E-state index is 0.102. The molecule has 0 saturated carbocycles. The van der Waals surface area contributed by atoms with Gasteiger partial charge in [-0.15, -0.1) is 0 Å². The lowest BCUT2D eigenvalue weighted by Crippen LogP contribution is -2.39. The van der Waals surface area contributed by atoms with Crippen LogP contribution in [0.15, 0.2) is 53.6 Å². The number of fused-ring (bicyclic) bond motifs is 1. The summed E-state index contributed by atoms with van der Waals surface area (Å²) < 4.78 is 21.8. The largest absolute Gasteiger partial charge is 0.504 e. The number of hydrazone groups is 1. The van der Waals surface area contributed by atoms with E-state index in [0.29, 0.717) is 52.8 Å². The van der Waals surface area contributed by atoms with Gasteiger partial charge in [0, 0.05) is 17.2 Å². The number of carbonyl (C=O) groups is 1. The van der Waals surface area contributed by atoms with Crippen LogP contribution in [-0.2, 0) is 0 Å². The molecule has 4 rings (SSSR count). The number of nitrogens with one attached hydrogen (secondary N) is 1. The fourth-order valence-electron chi connectivity index (χ4n) is 4.02. The van der Waals surface area contributed by atoms with E-state index in [0.717, 1.165) is 0 Å². The molecular formula is C27H29N3O7. The summed E-state index contributed by atoms with van der Waals surface area (Å²) in [7, 11) is 2.98. The minimum atomic E-state index is -0.910. The van der Waals surface area contributed by atoms with Gasteiger partial charge >= 0.3 is 0 Å². The molecule has 1 aliphatic rings. The highest BCUT2D eigenvalue weighted by atomic mass is 16.5. The van der Waals surface area contributed by atoms with Crippen molar-refractivity contribution in [3.05, 3.63) is 65.2 Å². The lowest BCUT2D eigenvalue weighted by atomic mass is 10.0. The fraction of sp³-hybridized carbons (Fsp3) is 0.259. The molecule has 1 unspecified atom stereocenters. The normalized spacial score (nSPS) is 14.8. The van der Waals surface area contributed by atoms with E-state index in [1.165, 1.54) is 25.4 Å². The van der Waals surface area contributed by atoms with E-state index >= 15 is 0 Å². The maximum absolute atomic E-state index is 13.7. The number of anilines is 1. The van der Waals surface area contributed by atoms with Crippen molar-refractivity contribution in [2.75, 3.05) is 32.8 Å². The number of phenols is 2. The van der Waals surface area contributed by atoms with Crippen LogP contribution < -0.4 is 24.3 Å². The first kappa shape index (κ1) is 25.5. The molecule has 0 saturated heterocycles. The maximum Gasteiger partial charge on any atom is 0.278 e. The molecule has 1 amide bonds. The van der Waals surface area contributed by atoms with Crippen LogP contribution in [0.2, 0.25) is 0 Å². The fourth-order valence-corrected chi connectivity index (χ4v) is 4.02. The second-order valence-electron chi connectivity index (χ2n) is 7.95. The van der Waals surface area contributed by atoms with Crippen molar-refractivity contribution in [1.82, 2.24) is 5.01 Å². The molecular weight excluding hydrogens is 478 g/mol. The zero-order valence-electron chi connectivity index (χ0n) is 21.0. The molecule has 0 aromatic heterocycles. The van der Waals surface area contributed by atoms with Crippen LogP contribution in [0.4, 0.5) is 5.69 Å². The molecule has 0 radical (unpaired) electrons. The van der Waals surface area contributed by atoms with Crippen LogP contribution in [0.5, 0.6) is 34.5 Å². The van der Waals surface area contributed by atoms with E-state index in [4.69, 9.17) is 18.9 Å². The second-order valence-corrected chi connectivity index (χ2v) is 7.95. The highest BCUT2D eigenvalue weighted by Crippen LogP contribution is 2.43. The first-order chi connectivity index (χ1) is 17.9. The van der Waals surface area contributed by atoms with Crippen LogP contribution in [0.25, 0.3) is 0 Å². The molecule has 3 N–H and O–H groups in total. The van der Waals surface area contributed by atoms with Crippen molar-refractivity contribution < 1.29 is 34.0 Å². The number of carbonyl (C=O) groups excluding carboxylic acids is 1. The Kier molecular flexibility index (Phi) is 7.57. The molecule has 0 spiro atoms. The van der Waals surface area contributed by atoms with Gasteiger partial charge in [-0.05, 0) is 38.1 Å². The van der Waals surface area contributed by atoms with E-state index in [-0.39, 0.29) is 17.2 Å². The molecule has 3 aromatic rings. The van der Waals surface area contributed by atoms with Gasteiger partial charge in [-0.1, -0.05) is 18.2 Å². The summed E-state index contributed by atoms with van der Waals surface area (Å²) in [4.78, 5) is 13.7. The van der Waals surface area contributed by atoms with Crippen molar-refractivity contribution in [1.29, 1.82) is 0 Å². The highest BCUT2D eigenvalue weighted by Gasteiger charge is 2.36. The zero-order valence-corrected chi connectivity index (χ0v) is 21.0. The van der Waals surface area contributed by atoms with Crippen molar-refractivity contribution in [2.24, 2.45) is 5.10 Å². The Bertz CT molecular complexity index is 1330. The van der Waals surface area contributed by atoms with Crippen LogP contribution in [0.1, 0.15) is 41.5 Å². The van der Waals surface area contributed by atoms with Gasteiger partial charge in [0.05, 0.1) is 44.9 Å². The Labute approximate surface area is 214 Å². The van der Waals surface area contributed by atoms with Gasteiger partial charge in [-0.3, -0.25) is 4.79 Å². The van der Waals surface area contributed by atoms with E-state index < -0.39 is 12.1 Å². The topological polar surface area (TPSA) is 122 Å². The van der Waals surface area contributed by atoms with Gasteiger partial charge in [0.1, 0.15) is 0 Å². The van der Waals surface area contributed by atoms with Gasteiger partial charge in [-0.2, -0.15) is 5.10 Å². The quantitative estimate of drug-likeness (QED) is 0.362. The molecule has 10 nitrogen and oxygen atoms in total. The molecule has 1 aliphatic heterocycles. The third kappa shape index (κ3) is 4.90. The molecule has 3 aromatic carbocycles. The third-order valence-electron chi connectivity index (χ3n) is 5.77. The molecule has 0 bridgehead atoms. The Hall–Kier alpha value is -4.60. The number of para-hydroxylation sites is 2. The van der Waals surface area contributed by atoms with E-state index in [9.17, 15) is 15.0 Å². The summed E-state index contributed by atoms with van der Waals surface area (Å²) in [5, 5.41) is 30.5. The number of aromatic hydroxyl groups is 2. The number of ether oxygens (including phenoxy) is 4. The van der Waals surface area contributed by atoms with Gasteiger partial charge in [0.15, 0.2) is 40.7 Å². The van der Waals surface area contributed by atoms with E-state index in [1.807, 2.05) is 13.8 Å². The molecule has 0 fully saturated rings. The molecule has 1 heterocycles. The first-order valence-electron chi connectivity index (χ1n) is 11.7. The first-order valence-corrected chi connectivity index (χ1v) is 11.7. The van der Waals surface area contributed by atoms with Gasteiger partial charge in [-0.25, -0.2) is 5.01 Å². The number of rotatable bonds is 9. The van der Waals surface area contributed by atoms with Crippen LogP contribution in [0.3, 0.4) is 0 Å². The number of benzene rings is 3. The van der Waals surface area contributed by atoms with Crippen molar-refractivity contribution >= 4 is 17.8 Å². The van der Waals surface area contributed by atoms with E-state index in [2.05, 4.69) is 10.4 Å². The standard InChI is InChI=1S/C27H29N3O7/c1-5-36-20-11-7-9-16(24(20)31)15-28-30-26(17-10-8-12-21(25(17)32)37-6-2)29-19-14-23(35-4)22(34-3)13-18(19)27(30)33/h7-15,26,29,31-32H,5-6H2,1-4H3. The summed E-state index contributed by atoms with van der Waals surface area (Å²) >= 11 is 0. The van der Waals surface area contributed by atoms with E-state index in [1.54, 1.807) is 48.5 Å². The Morgan fingerprint density at radius 2 is 1.54 bits per heavy atom. The van der Waals surface area contributed by atoms with Crippen molar-refractivity contribution in [2.45, 2.75) is 20.0 Å². The minimum Gasteiger partial charge on any atom is -0.504 e.